The topological polar surface area (TPSA) is 17.1 Å². The summed E-state index contributed by atoms with van der Waals surface area (Å²) in [4.78, 5) is 0. The van der Waals surface area contributed by atoms with E-state index < -0.39 is 7.80 Å². The Labute approximate surface area is 65.0 Å². The normalized spacial score (nSPS) is 15.8. The maximum Gasteiger partial charge on any atom is 0.0814 e. The van der Waals surface area contributed by atoms with Crippen molar-refractivity contribution in [2.24, 2.45) is 5.92 Å². The van der Waals surface area contributed by atoms with Crippen molar-refractivity contribution in [1.82, 2.24) is 0 Å². The minimum Gasteiger partial charge on any atom is -0.326 e. The Hall–Kier alpha value is 0.230. The quantitative estimate of drug-likeness (QED) is 0.570. The molecule has 0 fully saturated rings. The van der Waals surface area contributed by atoms with Crippen LogP contribution >= 0.6 is 7.80 Å². The maximum absolute atomic E-state index is 11.5. The average Bonchev–Trinajstić information content (AvgIpc) is 1.60. The van der Waals surface area contributed by atoms with Gasteiger partial charge in [-0.05, 0) is 5.92 Å². The van der Waals surface area contributed by atoms with E-state index in [1.165, 1.54) is 0 Å². The van der Waals surface area contributed by atoms with Gasteiger partial charge >= 0.3 is 0 Å². The molecule has 0 aliphatic rings. The summed E-state index contributed by atoms with van der Waals surface area (Å²) >= 11 is 0. The predicted octanol–water partition coefficient (Wildman–Crippen LogP) is 3.00. The summed E-state index contributed by atoms with van der Waals surface area (Å²) in [6, 6.07) is 0. The number of rotatable bonds is 2. The molecule has 0 saturated heterocycles. The van der Waals surface area contributed by atoms with Crippen LogP contribution in [-0.2, 0) is 4.57 Å². The highest BCUT2D eigenvalue weighted by molar-refractivity contribution is 7.46. The number of hydrogen-bond donors (Lipinski definition) is 0. The zero-order valence-electron chi connectivity index (χ0n) is 7.69. The summed E-state index contributed by atoms with van der Waals surface area (Å²) in [6.07, 6.45) is 0.897. The van der Waals surface area contributed by atoms with Crippen molar-refractivity contribution in [3.8, 4) is 0 Å². The van der Waals surface area contributed by atoms with Crippen molar-refractivity contribution in [3.63, 3.8) is 0 Å². The first kappa shape index (κ1) is 10.2. The van der Waals surface area contributed by atoms with E-state index in [0.717, 1.165) is 6.16 Å². The lowest BCUT2D eigenvalue weighted by molar-refractivity contribution is 0.556. The Bertz CT molecular complexity index is 122. The van der Waals surface area contributed by atoms with Crippen LogP contribution in [0.2, 0.25) is 0 Å². The van der Waals surface area contributed by atoms with Crippen molar-refractivity contribution in [2.45, 2.75) is 39.8 Å². The van der Waals surface area contributed by atoms with Gasteiger partial charge in [0.1, 0.15) is 0 Å². The molecule has 0 N–H and O–H groups in total. The standard InChI is InChI=1S/C8H19OP/c1-7(2)6-10(9)8(3,4)5/h7,10H,6H2,1-5H3. The smallest absolute Gasteiger partial charge is 0.0814 e. The summed E-state index contributed by atoms with van der Waals surface area (Å²) in [7, 11) is -1.35. The zero-order valence-corrected chi connectivity index (χ0v) is 8.69. The predicted molar refractivity (Wildman–Crippen MR) is 48.5 cm³/mol. The van der Waals surface area contributed by atoms with Gasteiger partial charge in [0.2, 0.25) is 0 Å². The molecule has 0 spiro atoms. The summed E-state index contributed by atoms with van der Waals surface area (Å²) in [5.41, 5.74) is 0. The highest BCUT2D eigenvalue weighted by atomic mass is 31.1. The molecule has 0 bridgehead atoms. The van der Waals surface area contributed by atoms with Gasteiger partial charge in [-0.2, -0.15) is 0 Å². The van der Waals surface area contributed by atoms with Crippen LogP contribution in [-0.4, -0.2) is 11.3 Å². The van der Waals surface area contributed by atoms with Gasteiger partial charge in [-0.25, -0.2) is 0 Å². The van der Waals surface area contributed by atoms with E-state index in [9.17, 15) is 4.57 Å². The minimum atomic E-state index is -1.35. The van der Waals surface area contributed by atoms with Crippen molar-refractivity contribution in [1.29, 1.82) is 0 Å². The van der Waals surface area contributed by atoms with E-state index in [1.807, 2.05) is 0 Å². The molecule has 1 nitrogen and oxygen atoms in total. The summed E-state index contributed by atoms with van der Waals surface area (Å²) < 4.78 is 11.5. The van der Waals surface area contributed by atoms with E-state index in [1.54, 1.807) is 0 Å². The molecule has 10 heavy (non-hydrogen) atoms. The SMILES string of the molecule is CC(C)C[PH](=O)C(C)(C)C. The van der Waals surface area contributed by atoms with E-state index in [-0.39, 0.29) is 5.16 Å². The fourth-order valence-electron chi connectivity index (χ4n) is 0.677. The first-order valence-electron chi connectivity index (χ1n) is 3.87. The molecule has 0 saturated carbocycles. The molecule has 0 heterocycles. The van der Waals surface area contributed by atoms with Crippen molar-refractivity contribution >= 4 is 7.80 Å². The highest BCUT2D eigenvalue weighted by Crippen LogP contribution is 2.39. The Morgan fingerprint density at radius 1 is 1.30 bits per heavy atom. The van der Waals surface area contributed by atoms with Crippen LogP contribution in [0.3, 0.4) is 0 Å². The lowest BCUT2D eigenvalue weighted by Crippen LogP contribution is -2.10. The first-order chi connectivity index (χ1) is 4.34. The fourth-order valence-corrected chi connectivity index (χ4v) is 2.03. The molecule has 0 aliphatic heterocycles. The van der Waals surface area contributed by atoms with Crippen LogP contribution < -0.4 is 0 Å². The van der Waals surface area contributed by atoms with E-state index in [0.29, 0.717) is 5.92 Å². The van der Waals surface area contributed by atoms with Gasteiger partial charge in [-0.15, -0.1) is 0 Å². The monoisotopic (exact) mass is 162 g/mol. The van der Waals surface area contributed by atoms with Crippen LogP contribution in [0.15, 0.2) is 0 Å². The molecule has 0 aromatic heterocycles. The summed E-state index contributed by atoms with van der Waals surface area (Å²) in [5.74, 6) is 0.575. The Balaban J connectivity index is 3.87. The molecule has 62 valence electrons. The molecular weight excluding hydrogens is 143 g/mol. The Morgan fingerprint density at radius 2 is 1.70 bits per heavy atom. The third-order valence-electron chi connectivity index (χ3n) is 1.43. The van der Waals surface area contributed by atoms with Crippen molar-refractivity contribution < 1.29 is 4.57 Å². The van der Waals surface area contributed by atoms with Crippen LogP contribution in [0.4, 0.5) is 0 Å². The molecule has 1 atom stereocenters. The lowest BCUT2D eigenvalue weighted by atomic mass is 10.2. The second-order valence-corrected chi connectivity index (χ2v) is 7.03. The van der Waals surface area contributed by atoms with Gasteiger partial charge in [0.25, 0.3) is 0 Å². The molecular formula is C8H19OP. The Kier molecular flexibility index (Phi) is 3.65. The number of hydrogen-bond acceptors (Lipinski definition) is 1. The van der Waals surface area contributed by atoms with E-state index in [2.05, 4.69) is 34.6 Å². The van der Waals surface area contributed by atoms with Gasteiger partial charge in [0, 0.05) is 11.3 Å². The molecule has 0 aromatic carbocycles. The van der Waals surface area contributed by atoms with E-state index in [4.69, 9.17) is 0 Å². The summed E-state index contributed by atoms with van der Waals surface area (Å²) in [5, 5.41) is 0.0366. The molecule has 2 heteroatoms. The third-order valence-corrected chi connectivity index (χ3v) is 4.29. The molecule has 0 radical (unpaired) electrons. The molecule has 0 amide bonds. The van der Waals surface area contributed by atoms with Crippen molar-refractivity contribution in [3.05, 3.63) is 0 Å². The van der Waals surface area contributed by atoms with Gasteiger partial charge in [-0.1, -0.05) is 34.6 Å². The van der Waals surface area contributed by atoms with Gasteiger partial charge in [0.05, 0.1) is 7.80 Å². The second-order valence-electron chi connectivity index (χ2n) is 4.27. The first-order valence-corrected chi connectivity index (χ1v) is 5.49. The fraction of sp³-hybridized carbons (Fsp3) is 1.00. The highest BCUT2D eigenvalue weighted by Gasteiger charge is 2.19. The average molecular weight is 162 g/mol. The van der Waals surface area contributed by atoms with Gasteiger partial charge < -0.3 is 4.57 Å². The van der Waals surface area contributed by atoms with Crippen LogP contribution in [0, 0.1) is 5.92 Å². The van der Waals surface area contributed by atoms with E-state index >= 15 is 0 Å². The largest absolute Gasteiger partial charge is 0.326 e. The van der Waals surface area contributed by atoms with Crippen LogP contribution in [0.25, 0.3) is 0 Å². The minimum absolute atomic E-state index is 0.0366. The Morgan fingerprint density at radius 3 is 1.80 bits per heavy atom. The van der Waals surface area contributed by atoms with Gasteiger partial charge in [0.15, 0.2) is 0 Å². The van der Waals surface area contributed by atoms with Crippen molar-refractivity contribution in [2.75, 3.05) is 6.16 Å². The molecule has 0 aliphatic carbocycles. The van der Waals surface area contributed by atoms with Crippen LogP contribution in [0.1, 0.15) is 34.6 Å². The third kappa shape index (κ3) is 4.11. The molecule has 0 aromatic rings. The lowest BCUT2D eigenvalue weighted by Gasteiger charge is -2.18. The zero-order chi connectivity index (χ0) is 8.36. The van der Waals surface area contributed by atoms with Crippen LogP contribution in [0.5, 0.6) is 0 Å². The second kappa shape index (κ2) is 3.57. The molecule has 1 unspecified atom stereocenters. The maximum atomic E-state index is 11.5. The van der Waals surface area contributed by atoms with Gasteiger partial charge in [-0.3, -0.25) is 0 Å². The molecule has 0 rings (SSSR count). The summed E-state index contributed by atoms with van der Waals surface area (Å²) in [6.45, 7) is 10.4.